The van der Waals surface area contributed by atoms with Crippen molar-refractivity contribution < 1.29 is 14.6 Å². The Kier molecular flexibility index (Phi) is 6.41. The van der Waals surface area contributed by atoms with E-state index in [0.717, 1.165) is 38.0 Å². The van der Waals surface area contributed by atoms with Crippen LogP contribution < -0.4 is 9.47 Å². The topological polar surface area (TPSA) is 78.6 Å². The first kappa shape index (κ1) is 22.6. The molecule has 0 aliphatic carbocycles. The van der Waals surface area contributed by atoms with Gasteiger partial charge in [-0.2, -0.15) is 5.26 Å². The number of methoxy groups -OCH3 is 1. The second kappa shape index (κ2) is 9.09. The largest absolute Gasteiger partial charge is 0.493 e. The van der Waals surface area contributed by atoms with Crippen molar-refractivity contribution in [2.45, 2.75) is 58.8 Å². The van der Waals surface area contributed by atoms with E-state index in [-0.39, 0.29) is 17.6 Å². The van der Waals surface area contributed by atoms with E-state index >= 15 is 0 Å². The minimum Gasteiger partial charge on any atom is -0.493 e. The molecule has 1 N–H and O–H groups in total. The molecule has 3 atom stereocenters. The maximum atomic E-state index is 10.9. The Bertz CT molecular complexity index is 991. The van der Waals surface area contributed by atoms with E-state index in [9.17, 15) is 5.11 Å². The number of aromatic nitrogens is 1. The zero-order chi connectivity index (χ0) is 22.9. The van der Waals surface area contributed by atoms with E-state index < -0.39 is 0 Å². The molecule has 0 bridgehead atoms. The van der Waals surface area contributed by atoms with E-state index in [0.29, 0.717) is 29.6 Å². The van der Waals surface area contributed by atoms with Crippen LogP contribution in [0.3, 0.4) is 0 Å². The molecule has 2 aliphatic heterocycles. The van der Waals surface area contributed by atoms with Gasteiger partial charge in [0, 0.05) is 25.3 Å². The Morgan fingerprint density at radius 3 is 2.72 bits per heavy atom. The van der Waals surface area contributed by atoms with E-state index in [1.165, 1.54) is 11.1 Å². The third-order valence-electron chi connectivity index (χ3n) is 6.58. The number of hydrogen-bond donors (Lipinski definition) is 1. The second-order valence-electron chi connectivity index (χ2n) is 10.2. The van der Waals surface area contributed by atoms with E-state index in [2.05, 4.69) is 48.9 Å². The van der Waals surface area contributed by atoms with Gasteiger partial charge in [-0.25, -0.2) is 0 Å². The Labute approximate surface area is 190 Å². The second-order valence-corrected chi connectivity index (χ2v) is 10.2. The van der Waals surface area contributed by atoms with E-state index in [1.54, 1.807) is 25.4 Å². The lowest BCUT2D eigenvalue weighted by Crippen LogP contribution is -2.48. The summed E-state index contributed by atoms with van der Waals surface area (Å²) in [6, 6.07) is 10.0. The summed E-state index contributed by atoms with van der Waals surface area (Å²) in [6.45, 7) is 8.98. The van der Waals surface area contributed by atoms with Gasteiger partial charge in [0.25, 0.3) is 0 Å². The maximum absolute atomic E-state index is 10.9. The predicted molar refractivity (Wildman–Crippen MR) is 122 cm³/mol. The third-order valence-corrected chi connectivity index (χ3v) is 6.58. The SMILES string of the molecule is COc1cc2c(cc1OCc1ccc(C#N)cn1)CCN1C[C@@H](CC(C)(C)C)[C@H](O)C[C@H]21. The van der Waals surface area contributed by atoms with Crippen molar-refractivity contribution in [2.24, 2.45) is 11.3 Å². The first-order chi connectivity index (χ1) is 15.3. The van der Waals surface area contributed by atoms with Crippen molar-refractivity contribution in [2.75, 3.05) is 20.2 Å². The molecule has 6 nitrogen and oxygen atoms in total. The van der Waals surface area contributed by atoms with Gasteiger partial charge in [0.2, 0.25) is 0 Å². The molecule has 0 radical (unpaired) electrons. The number of aliphatic hydroxyl groups excluding tert-OH is 1. The molecule has 3 heterocycles. The van der Waals surface area contributed by atoms with Gasteiger partial charge in [-0.1, -0.05) is 20.8 Å². The molecular weight excluding hydrogens is 402 g/mol. The highest BCUT2D eigenvalue weighted by Gasteiger charge is 2.39. The Morgan fingerprint density at radius 1 is 1.25 bits per heavy atom. The van der Waals surface area contributed by atoms with Crippen molar-refractivity contribution in [3.63, 3.8) is 0 Å². The lowest BCUT2D eigenvalue weighted by atomic mass is 9.75. The lowest BCUT2D eigenvalue weighted by molar-refractivity contribution is -0.0259. The Balaban J connectivity index is 1.51. The van der Waals surface area contributed by atoms with E-state index in [1.807, 2.05) is 0 Å². The standard InChI is InChI=1S/C26H33N3O3/c1-26(2,3)12-19-15-29-8-7-18-9-25(32-16-20-6-5-17(13-27)14-28-20)24(31-4)10-21(18)22(29)11-23(19)30/h5-6,9-10,14,19,22-23,30H,7-8,11-12,15-16H2,1-4H3/t19-,22-,23-/m1/s1. The predicted octanol–water partition coefficient (Wildman–Crippen LogP) is 4.26. The molecule has 0 saturated carbocycles. The average molecular weight is 436 g/mol. The number of nitriles is 1. The number of benzene rings is 1. The number of rotatable bonds is 5. The fourth-order valence-corrected chi connectivity index (χ4v) is 5.09. The highest BCUT2D eigenvalue weighted by molar-refractivity contribution is 5.49. The molecule has 1 aromatic carbocycles. The zero-order valence-corrected chi connectivity index (χ0v) is 19.5. The highest BCUT2D eigenvalue weighted by Crippen LogP contribution is 2.44. The zero-order valence-electron chi connectivity index (χ0n) is 19.5. The van der Waals surface area contributed by atoms with Crippen LogP contribution in [0.1, 0.15) is 62.0 Å². The summed E-state index contributed by atoms with van der Waals surface area (Å²) in [5.74, 6) is 1.72. The summed E-state index contributed by atoms with van der Waals surface area (Å²) in [6.07, 6.45) is 4.01. The average Bonchev–Trinajstić information content (AvgIpc) is 2.77. The summed E-state index contributed by atoms with van der Waals surface area (Å²) in [5, 5.41) is 19.8. The maximum Gasteiger partial charge on any atom is 0.162 e. The number of nitrogens with zero attached hydrogens (tertiary/aromatic N) is 3. The number of piperidine rings is 1. The first-order valence-electron chi connectivity index (χ1n) is 11.4. The van der Waals surface area contributed by atoms with Crippen molar-refractivity contribution in [1.82, 2.24) is 9.88 Å². The number of fused-ring (bicyclic) bond motifs is 3. The monoisotopic (exact) mass is 435 g/mol. The molecule has 4 rings (SSSR count). The summed E-state index contributed by atoms with van der Waals surface area (Å²) < 4.78 is 11.7. The molecule has 0 spiro atoms. The van der Waals surface area contributed by atoms with Crippen LogP contribution in [0.4, 0.5) is 0 Å². The van der Waals surface area contributed by atoms with Gasteiger partial charge in [0.05, 0.1) is 24.5 Å². The molecular formula is C26H33N3O3. The summed E-state index contributed by atoms with van der Waals surface area (Å²) in [4.78, 5) is 6.81. The quantitative estimate of drug-likeness (QED) is 0.756. The van der Waals surface area contributed by atoms with Crippen LogP contribution in [0.2, 0.25) is 0 Å². The van der Waals surface area contributed by atoms with Gasteiger partial charge in [0.1, 0.15) is 12.7 Å². The van der Waals surface area contributed by atoms with Gasteiger partial charge < -0.3 is 14.6 Å². The minimum atomic E-state index is -0.286. The Morgan fingerprint density at radius 2 is 2.06 bits per heavy atom. The van der Waals surface area contributed by atoms with Crippen LogP contribution >= 0.6 is 0 Å². The molecule has 170 valence electrons. The van der Waals surface area contributed by atoms with E-state index in [4.69, 9.17) is 14.7 Å². The molecule has 1 fully saturated rings. The lowest BCUT2D eigenvalue weighted by Gasteiger charge is -2.47. The summed E-state index contributed by atoms with van der Waals surface area (Å²) >= 11 is 0. The van der Waals surface area contributed by atoms with Gasteiger partial charge in [-0.05, 0) is 66.0 Å². The van der Waals surface area contributed by atoms with Crippen LogP contribution in [0.5, 0.6) is 11.5 Å². The van der Waals surface area contributed by atoms with Crippen LogP contribution in [0, 0.1) is 22.7 Å². The fraction of sp³-hybridized carbons (Fsp3) is 0.538. The summed E-state index contributed by atoms with van der Waals surface area (Å²) in [7, 11) is 1.66. The van der Waals surface area contributed by atoms with Crippen LogP contribution in [-0.2, 0) is 13.0 Å². The van der Waals surface area contributed by atoms with Crippen LogP contribution in [-0.4, -0.2) is 41.3 Å². The van der Waals surface area contributed by atoms with Crippen molar-refractivity contribution in [3.05, 3.63) is 52.8 Å². The summed E-state index contributed by atoms with van der Waals surface area (Å²) in [5.41, 5.74) is 4.01. The molecule has 2 aliphatic rings. The number of hydrogen-bond acceptors (Lipinski definition) is 6. The normalized spacial score (nSPS) is 23.1. The highest BCUT2D eigenvalue weighted by atomic mass is 16.5. The molecule has 0 amide bonds. The molecule has 1 saturated heterocycles. The van der Waals surface area contributed by atoms with Crippen molar-refractivity contribution >= 4 is 0 Å². The first-order valence-corrected chi connectivity index (χ1v) is 11.4. The smallest absolute Gasteiger partial charge is 0.162 e. The van der Waals surface area contributed by atoms with Crippen LogP contribution in [0.25, 0.3) is 0 Å². The number of pyridine rings is 1. The van der Waals surface area contributed by atoms with Gasteiger partial charge in [-0.3, -0.25) is 9.88 Å². The Hall–Kier alpha value is -2.62. The molecule has 0 unspecified atom stereocenters. The third kappa shape index (κ3) is 4.90. The van der Waals surface area contributed by atoms with Gasteiger partial charge >= 0.3 is 0 Å². The molecule has 32 heavy (non-hydrogen) atoms. The van der Waals surface area contributed by atoms with Crippen molar-refractivity contribution in [1.29, 1.82) is 5.26 Å². The fourth-order valence-electron chi connectivity index (χ4n) is 5.09. The molecule has 2 aromatic rings. The van der Waals surface area contributed by atoms with Gasteiger partial charge in [0.15, 0.2) is 11.5 Å². The number of ether oxygens (including phenoxy) is 2. The van der Waals surface area contributed by atoms with Crippen molar-refractivity contribution in [3.8, 4) is 17.6 Å². The van der Waals surface area contributed by atoms with Gasteiger partial charge in [-0.15, -0.1) is 0 Å². The molecule has 6 heteroatoms. The van der Waals surface area contributed by atoms with Crippen LogP contribution in [0.15, 0.2) is 30.5 Å². The number of aliphatic hydroxyl groups is 1. The molecule has 1 aromatic heterocycles. The minimum absolute atomic E-state index is 0.214.